The van der Waals surface area contributed by atoms with Crippen molar-refractivity contribution in [2.75, 3.05) is 18.5 Å². The summed E-state index contributed by atoms with van der Waals surface area (Å²) in [5.74, 6) is -0.467. The number of nitrogens with zero attached hydrogens (tertiary/aromatic N) is 1. The minimum absolute atomic E-state index is 0.0773. The Morgan fingerprint density at radius 1 is 1.28 bits per heavy atom. The van der Waals surface area contributed by atoms with Crippen molar-refractivity contribution in [1.29, 1.82) is 0 Å². The van der Waals surface area contributed by atoms with Gasteiger partial charge < -0.3 is 15.4 Å². The monoisotopic (exact) mass is 359 g/mol. The van der Waals surface area contributed by atoms with E-state index in [1.54, 1.807) is 31.2 Å². The van der Waals surface area contributed by atoms with Crippen LogP contribution in [0, 0.1) is 13.8 Å². The number of benzene rings is 1. The van der Waals surface area contributed by atoms with Crippen molar-refractivity contribution in [3.05, 3.63) is 45.4 Å². The van der Waals surface area contributed by atoms with Crippen molar-refractivity contribution < 1.29 is 14.3 Å². The number of ether oxygens (including phenoxy) is 1. The lowest BCUT2D eigenvalue weighted by molar-refractivity contribution is 0.0858. The SMILES string of the molecule is Cc1nc(C)c(C(=O)Nc2ccccc2C(=O)NCC2CCCO2)s1. The van der Waals surface area contributed by atoms with E-state index >= 15 is 0 Å². The molecule has 0 saturated carbocycles. The van der Waals surface area contributed by atoms with Crippen molar-refractivity contribution in [3.63, 3.8) is 0 Å². The first-order valence-electron chi connectivity index (χ1n) is 8.29. The highest BCUT2D eigenvalue weighted by molar-refractivity contribution is 7.13. The number of hydrogen-bond acceptors (Lipinski definition) is 5. The number of carbonyl (C=O) groups is 2. The van der Waals surface area contributed by atoms with Crippen LogP contribution in [0.3, 0.4) is 0 Å². The molecule has 0 spiro atoms. The molecule has 0 radical (unpaired) electrons. The average Bonchev–Trinajstić information content (AvgIpc) is 3.22. The van der Waals surface area contributed by atoms with E-state index in [0.29, 0.717) is 28.4 Å². The molecule has 0 aliphatic carbocycles. The van der Waals surface area contributed by atoms with Gasteiger partial charge in [0.05, 0.1) is 28.1 Å². The summed E-state index contributed by atoms with van der Waals surface area (Å²) < 4.78 is 5.52. The second kappa shape index (κ2) is 7.76. The largest absolute Gasteiger partial charge is 0.376 e. The van der Waals surface area contributed by atoms with Gasteiger partial charge in [-0.2, -0.15) is 0 Å². The van der Waals surface area contributed by atoms with Gasteiger partial charge in [0.2, 0.25) is 0 Å². The predicted molar refractivity (Wildman–Crippen MR) is 97.3 cm³/mol. The lowest BCUT2D eigenvalue weighted by Crippen LogP contribution is -2.32. The summed E-state index contributed by atoms with van der Waals surface area (Å²) in [7, 11) is 0. The standard InChI is InChI=1S/C18H21N3O3S/c1-11-16(25-12(2)20-11)18(23)21-15-8-4-3-7-14(15)17(22)19-10-13-6-5-9-24-13/h3-4,7-8,13H,5-6,9-10H2,1-2H3,(H,19,22)(H,21,23). The van der Waals surface area contributed by atoms with E-state index in [4.69, 9.17) is 4.74 Å². The molecule has 1 aliphatic rings. The van der Waals surface area contributed by atoms with E-state index in [-0.39, 0.29) is 17.9 Å². The molecule has 25 heavy (non-hydrogen) atoms. The van der Waals surface area contributed by atoms with Crippen LogP contribution in [0.1, 0.15) is 43.6 Å². The molecule has 2 N–H and O–H groups in total. The number of anilines is 1. The fraction of sp³-hybridized carbons (Fsp3) is 0.389. The fourth-order valence-electron chi connectivity index (χ4n) is 2.82. The van der Waals surface area contributed by atoms with Gasteiger partial charge >= 0.3 is 0 Å². The Morgan fingerprint density at radius 3 is 2.76 bits per heavy atom. The summed E-state index contributed by atoms with van der Waals surface area (Å²) in [5.41, 5.74) is 1.62. The van der Waals surface area contributed by atoms with E-state index in [2.05, 4.69) is 15.6 Å². The molecule has 1 fully saturated rings. The molecule has 1 unspecified atom stereocenters. The zero-order valence-corrected chi connectivity index (χ0v) is 15.1. The maximum atomic E-state index is 12.5. The summed E-state index contributed by atoms with van der Waals surface area (Å²) in [5, 5.41) is 6.55. The quantitative estimate of drug-likeness (QED) is 0.860. The normalized spacial score (nSPS) is 16.6. The molecule has 7 heteroatoms. The molecular weight excluding hydrogens is 338 g/mol. The van der Waals surface area contributed by atoms with Crippen LogP contribution in [0.4, 0.5) is 5.69 Å². The van der Waals surface area contributed by atoms with E-state index in [0.717, 1.165) is 24.5 Å². The summed E-state index contributed by atoms with van der Waals surface area (Å²) in [6, 6.07) is 6.99. The second-order valence-electron chi connectivity index (χ2n) is 5.99. The number of thiazole rings is 1. The third-order valence-electron chi connectivity index (χ3n) is 4.04. The zero-order chi connectivity index (χ0) is 17.8. The maximum absolute atomic E-state index is 12.5. The van der Waals surface area contributed by atoms with Gasteiger partial charge in [0.25, 0.3) is 11.8 Å². The van der Waals surface area contributed by atoms with Crippen LogP contribution in [0.2, 0.25) is 0 Å². The molecule has 3 rings (SSSR count). The van der Waals surface area contributed by atoms with Gasteiger partial charge in [-0.15, -0.1) is 11.3 Å². The van der Waals surface area contributed by atoms with Crippen LogP contribution >= 0.6 is 11.3 Å². The maximum Gasteiger partial charge on any atom is 0.267 e. The lowest BCUT2D eigenvalue weighted by Gasteiger charge is -2.13. The molecular formula is C18H21N3O3S. The molecule has 2 aromatic rings. The fourth-order valence-corrected chi connectivity index (χ4v) is 3.63. The second-order valence-corrected chi connectivity index (χ2v) is 7.20. The van der Waals surface area contributed by atoms with Crippen LogP contribution in [-0.4, -0.2) is 36.1 Å². The van der Waals surface area contributed by atoms with Gasteiger partial charge in [-0.3, -0.25) is 9.59 Å². The highest BCUT2D eigenvalue weighted by Crippen LogP contribution is 2.21. The lowest BCUT2D eigenvalue weighted by atomic mass is 10.1. The van der Waals surface area contributed by atoms with Gasteiger partial charge in [-0.1, -0.05) is 12.1 Å². The number of rotatable bonds is 5. The Kier molecular flexibility index (Phi) is 5.45. The van der Waals surface area contributed by atoms with Gasteiger partial charge in [-0.05, 0) is 38.8 Å². The minimum atomic E-state index is -0.248. The molecule has 1 aliphatic heterocycles. The summed E-state index contributed by atoms with van der Waals surface area (Å²) >= 11 is 1.34. The highest BCUT2D eigenvalue weighted by Gasteiger charge is 2.20. The molecule has 2 heterocycles. The Balaban J connectivity index is 1.70. The molecule has 0 bridgehead atoms. The Morgan fingerprint density at radius 2 is 2.08 bits per heavy atom. The van der Waals surface area contributed by atoms with Crippen LogP contribution < -0.4 is 10.6 Å². The smallest absolute Gasteiger partial charge is 0.267 e. The Hall–Kier alpha value is -2.25. The van der Waals surface area contributed by atoms with Gasteiger partial charge in [0, 0.05) is 13.2 Å². The molecule has 1 saturated heterocycles. The van der Waals surface area contributed by atoms with E-state index in [9.17, 15) is 9.59 Å². The number of amides is 2. The molecule has 1 aromatic heterocycles. The van der Waals surface area contributed by atoms with Gasteiger partial charge in [0.1, 0.15) is 4.88 Å². The van der Waals surface area contributed by atoms with Crippen molar-refractivity contribution in [2.24, 2.45) is 0 Å². The Bertz CT molecular complexity index is 782. The first kappa shape index (κ1) is 17.6. The molecule has 132 valence electrons. The van der Waals surface area contributed by atoms with Gasteiger partial charge in [0.15, 0.2) is 0 Å². The summed E-state index contributed by atoms with van der Waals surface area (Å²) in [4.78, 5) is 29.8. The number of nitrogens with one attached hydrogen (secondary N) is 2. The number of aryl methyl sites for hydroxylation is 2. The summed E-state index contributed by atoms with van der Waals surface area (Å²) in [6.07, 6.45) is 2.07. The van der Waals surface area contributed by atoms with E-state index in [1.165, 1.54) is 11.3 Å². The number of carbonyl (C=O) groups excluding carboxylic acids is 2. The average molecular weight is 359 g/mol. The van der Waals surface area contributed by atoms with Crippen molar-refractivity contribution >= 4 is 28.8 Å². The highest BCUT2D eigenvalue weighted by atomic mass is 32.1. The van der Waals surface area contributed by atoms with Gasteiger partial charge in [-0.25, -0.2) is 4.98 Å². The molecule has 6 nitrogen and oxygen atoms in total. The van der Waals surface area contributed by atoms with Crippen LogP contribution in [0.5, 0.6) is 0 Å². The number of hydrogen-bond donors (Lipinski definition) is 2. The minimum Gasteiger partial charge on any atom is -0.376 e. The predicted octanol–water partition coefficient (Wildman–Crippen LogP) is 2.92. The molecule has 1 aromatic carbocycles. The van der Waals surface area contributed by atoms with E-state index < -0.39 is 0 Å². The first-order valence-corrected chi connectivity index (χ1v) is 9.10. The first-order chi connectivity index (χ1) is 12.0. The van der Waals surface area contributed by atoms with Crippen molar-refractivity contribution in [2.45, 2.75) is 32.8 Å². The number of aromatic nitrogens is 1. The topological polar surface area (TPSA) is 80.3 Å². The van der Waals surface area contributed by atoms with Crippen molar-refractivity contribution in [3.8, 4) is 0 Å². The zero-order valence-electron chi connectivity index (χ0n) is 14.3. The van der Waals surface area contributed by atoms with E-state index in [1.807, 2.05) is 6.92 Å². The Labute approximate surface area is 150 Å². The van der Waals surface area contributed by atoms with Crippen molar-refractivity contribution in [1.82, 2.24) is 10.3 Å². The van der Waals surface area contributed by atoms with Crippen LogP contribution in [0.25, 0.3) is 0 Å². The van der Waals surface area contributed by atoms with Crippen LogP contribution in [0.15, 0.2) is 24.3 Å². The third kappa shape index (κ3) is 4.24. The summed E-state index contributed by atoms with van der Waals surface area (Å²) in [6.45, 7) is 4.90. The molecule has 2 amide bonds. The molecule has 1 atom stereocenters. The third-order valence-corrected chi connectivity index (χ3v) is 5.12. The van der Waals surface area contributed by atoms with Crippen LogP contribution in [-0.2, 0) is 4.74 Å². The number of para-hydroxylation sites is 1.